The number of fused-ring (bicyclic) bond motifs is 2. The van der Waals surface area contributed by atoms with Gasteiger partial charge in [-0.15, -0.1) is 11.8 Å². The monoisotopic (exact) mass is 597 g/mol. The molecule has 0 fully saturated rings. The van der Waals surface area contributed by atoms with Gasteiger partial charge in [0.2, 0.25) is 0 Å². The molecule has 2 aliphatic carbocycles. The number of carbonyl (C=O) groups is 3. The van der Waals surface area contributed by atoms with Gasteiger partial charge < -0.3 is 10.1 Å². The summed E-state index contributed by atoms with van der Waals surface area (Å²) in [6, 6.07) is 34.3. The highest BCUT2D eigenvalue weighted by molar-refractivity contribution is 8.00. The summed E-state index contributed by atoms with van der Waals surface area (Å²) in [5, 5.41) is 2.97. The van der Waals surface area contributed by atoms with Crippen molar-refractivity contribution in [3.05, 3.63) is 148 Å². The van der Waals surface area contributed by atoms with Crippen LogP contribution in [0.3, 0.4) is 0 Å². The summed E-state index contributed by atoms with van der Waals surface area (Å²) in [4.78, 5) is 42.0. The molecule has 1 aliphatic heterocycles. The number of rotatable bonds is 6. The third-order valence-electron chi connectivity index (χ3n) is 8.47. The first-order valence-electron chi connectivity index (χ1n) is 14.8. The molecule has 7 rings (SSSR count). The minimum absolute atomic E-state index is 0.0585. The Balaban J connectivity index is 1.21. The molecule has 3 aliphatic rings. The first-order valence-corrected chi connectivity index (χ1v) is 15.7. The third kappa shape index (κ3) is 5.09. The molecule has 1 heterocycles. The van der Waals surface area contributed by atoms with Crippen LogP contribution in [0, 0.1) is 5.41 Å². The van der Waals surface area contributed by atoms with Gasteiger partial charge in [0.05, 0.1) is 5.70 Å². The first kappa shape index (κ1) is 28.1. The van der Waals surface area contributed by atoms with Crippen LogP contribution >= 0.6 is 11.8 Å². The molecule has 1 N–H and O–H groups in total. The van der Waals surface area contributed by atoms with E-state index in [1.807, 2.05) is 97.1 Å². The maximum absolute atomic E-state index is 13.8. The van der Waals surface area contributed by atoms with Crippen LogP contribution in [-0.4, -0.2) is 17.5 Å². The van der Waals surface area contributed by atoms with E-state index in [0.29, 0.717) is 35.3 Å². The van der Waals surface area contributed by atoms with Crippen molar-refractivity contribution in [2.75, 3.05) is 0 Å². The van der Waals surface area contributed by atoms with Crippen LogP contribution in [0.4, 0.5) is 0 Å². The molecule has 0 radical (unpaired) electrons. The fourth-order valence-corrected chi connectivity index (χ4v) is 7.56. The number of esters is 1. The van der Waals surface area contributed by atoms with Gasteiger partial charge in [0.25, 0.3) is 0 Å². The molecule has 218 valence electrons. The summed E-state index contributed by atoms with van der Waals surface area (Å²) in [6.07, 6.45) is 1.14. The number of thioether (sulfide) groups is 1. The Morgan fingerprint density at radius 3 is 2.14 bits per heavy atom. The number of hydrogen-bond acceptors (Lipinski definition) is 6. The zero-order valence-corrected chi connectivity index (χ0v) is 25.3. The van der Waals surface area contributed by atoms with Crippen molar-refractivity contribution < 1.29 is 19.1 Å². The lowest BCUT2D eigenvalue weighted by Crippen LogP contribution is -2.37. The largest absolute Gasteiger partial charge is 0.425 e. The van der Waals surface area contributed by atoms with Gasteiger partial charge in [0.15, 0.2) is 11.6 Å². The molecule has 0 saturated carbocycles. The van der Waals surface area contributed by atoms with Crippen LogP contribution in [0.2, 0.25) is 0 Å². The second-order valence-corrected chi connectivity index (χ2v) is 13.4. The van der Waals surface area contributed by atoms with Crippen LogP contribution in [-0.2, 0) is 9.59 Å². The lowest BCUT2D eigenvalue weighted by molar-refractivity contribution is -0.133. The van der Waals surface area contributed by atoms with Crippen molar-refractivity contribution in [3.8, 4) is 5.75 Å². The zero-order chi connectivity index (χ0) is 30.4. The van der Waals surface area contributed by atoms with Crippen molar-refractivity contribution in [3.63, 3.8) is 0 Å². The molecule has 44 heavy (non-hydrogen) atoms. The van der Waals surface area contributed by atoms with E-state index >= 15 is 0 Å². The average Bonchev–Trinajstić information content (AvgIpc) is 3.31. The smallest absolute Gasteiger partial charge is 0.329 e. The number of ether oxygens (including phenoxy) is 1. The Labute approximate surface area is 261 Å². The highest BCUT2D eigenvalue weighted by atomic mass is 32.2. The average molecular weight is 598 g/mol. The van der Waals surface area contributed by atoms with Crippen molar-refractivity contribution in [2.24, 2.45) is 5.41 Å². The van der Waals surface area contributed by atoms with E-state index in [9.17, 15) is 14.4 Å². The van der Waals surface area contributed by atoms with Crippen molar-refractivity contribution in [1.82, 2.24) is 5.32 Å². The second kappa shape index (κ2) is 11.1. The van der Waals surface area contributed by atoms with Crippen molar-refractivity contribution in [1.29, 1.82) is 0 Å². The Morgan fingerprint density at radius 2 is 1.43 bits per heavy atom. The van der Waals surface area contributed by atoms with Crippen LogP contribution in [0.1, 0.15) is 64.9 Å². The SMILES string of the molecule is CC1(C)CC(=O)C2=C(C1)NC1=C(C(=O)c3ccccc31)[C@@H]2c1ccc(OC(=O)[C@@H](Sc2ccccc2)c2ccccc2)cc1. The minimum Gasteiger partial charge on any atom is -0.425 e. The van der Waals surface area contributed by atoms with E-state index in [0.717, 1.165) is 33.0 Å². The van der Waals surface area contributed by atoms with Gasteiger partial charge in [-0.2, -0.15) is 0 Å². The van der Waals surface area contributed by atoms with Crippen molar-refractivity contribution >= 4 is 35.0 Å². The summed E-state index contributed by atoms with van der Waals surface area (Å²) in [5.41, 5.74) is 5.96. The van der Waals surface area contributed by atoms with Gasteiger partial charge >= 0.3 is 5.97 Å². The second-order valence-electron chi connectivity index (χ2n) is 12.3. The van der Waals surface area contributed by atoms with Gasteiger partial charge in [0.1, 0.15) is 11.0 Å². The number of ketones is 2. The molecule has 0 amide bonds. The molecular formula is C38H31NO4S. The molecule has 0 bridgehead atoms. The highest BCUT2D eigenvalue weighted by Crippen LogP contribution is 2.51. The maximum atomic E-state index is 13.8. The molecule has 0 saturated heterocycles. The molecule has 0 aromatic heterocycles. The Kier molecular flexibility index (Phi) is 7.10. The van der Waals surface area contributed by atoms with Crippen LogP contribution in [0.5, 0.6) is 5.75 Å². The lowest BCUT2D eigenvalue weighted by Gasteiger charge is -2.39. The molecule has 0 spiro atoms. The molecule has 6 heteroatoms. The number of dihydropyridines is 1. The Bertz CT molecular complexity index is 1860. The summed E-state index contributed by atoms with van der Waals surface area (Å²) in [7, 11) is 0. The van der Waals surface area contributed by atoms with Gasteiger partial charge in [-0.05, 0) is 47.2 Å². The number of benzene rings is 4. The van der Waals surface area contributed by atoms with E-state index in [-0.39, 0.29) is 23.0 Å². The fourth-order valence-electron chi connectivity index (χ4n) is 6.54. The van der Waals surface area contributed by atoms with E-state index in [1.54, 1.807) is 12.1 Å². The normalized spacial score (nSPS) is 19.1. The first-order chi connectivity index (χ1) is 21.3. The van der Waals surface area contributed by atoms with Crippen LogP contribution in [0.15, 0.2) is 131 Å². The van der Waals surface area contributed by atoms with Crippen molar-refractivity contribution in [2.45, 2.75) is 42.8 Å². The summed E-state index contributed by atoms with van der Waals surface area (Å²) in [5.74, 6) is -0.469. The molecular weight excluding hydrogens is 566 g/mol. The Morgan fingerprint density at radius 1 is 0.795 bits per heavy atom. The van der Waals surface area contributed by atoms with E-state index < -0.39 is 11.2 Å². The lowest BCUT2D eigenvalue weighted by atomic mass is 9.68. The van der Waals surface area contributed by atoms with Gasteiger partial charge in [0, 0.05) is 45.2 Å². The number of Topliss-reactive ketones (excluding diaryl/α,β-unsaturated/α-hetero) is 2. The van der Waals surface area contributed by atoms with Crippen LogP contribution in [0.25, 0.3) is 5.70 Å². The number of carbonyl (C=O) groups excluding carboxylic acids is 3. The number of hydrogen-bond donors (Lipinski definition) is 1. The maximum Gasteiger partial charge on any atom is 0.329 e. The van der Waals surface area contributed by atoms with E-state index in [4.69, 9.17) is 4.74 Å². The fraction of sp³-hybridized carbons (Fsp3) is 0.184. The molecule has 4 aromatic carbocycles. The summed E-state index contributed by atoms with van der Waals surface area (Å²) >= 11 is 1.44. The molecule has 0 unspecified atom stereocenters. The molecule has 4 aromatic rings. The Hall–Kier alpha value is -4.68. The minimum atomic E-state index is -0.555. The standard InChI is InChI=1S/C38H31NO4S/c1-38(2)21-29-32(30(40)22-38)31(33-34(39-29)27-15-9-10-16-28(27)35(33)41)23-17-19-25(20-18-23)43-37(42)36(24-11-5-3-6-12-24)44-26-13-7-4-8-14-26/h3-20,31,36,39H,21-22H2,1-2H3/t31-,36+/m1/s1. The van der Waals surface area contributed by atoms with Gasteiger partial charge in [-0.3, -0.25) is 14.4 Å². The molecule has 5 nitrogen and oxygen atoms in total. The number of allylic oxidation sites excluding steroid dienone is 3. The van der Waals surface area contributed by atoms with Gasteiger partial charge in [-0.1, -0.05) is 98.8 Å². The third-order valence-corrected chi connectivity index (χ3v) is 9.72. The topological polar surface area (TPSA) is 72.5 Å². The zero-order valence-electron chi connectivity index (χ0n) is 24.5. The van der Waals surface area contributed by atoms with E-state index in [1.165, 1.54) is 11.8 Å². The quantitative estimate of drug-likeness (QED) is 0.138. The summed E-state index contributed by atoms with van der Waals surface area (Å²) in [6.45, 7) is 4.20. The van der Waals surface area contributed by atoms with Crippen LogP contribution < -0.4 is 10.1 Å². The predicted molar refractivity (Wildman–Crippen MR) is 172 cm³/mol. The summed E-state index contributed by atoms with van der Waals surface area (Å²) < 4.78 is 5.93. The molecule has 2 atom stereocenters. The highest BCUT2D eigenvalue weighted by Gasteiger charge is 2.46. The van der Waals surface area contributed by atoms with Gasteiger partial charge in [-0.25, -0.2) is 0 Å². The number of nitrogens with one attached hydrogen (secondary N) is 1. The predicted octanol–water partition coefficient (Wildman–Crippen LogP) is 8.06. The van der Waals surface area contributed by atoms with E-state index in [2.05, 4.69) is 19.2 Å².